The Bertz CT molecular complexity index is 403. The largest absolute Gasteiger partial charge is 0.491 e. The van der Waals surface area contributed by atoms with Crippen LogP contribution in [-0.4, -0.2) is 19.1 Å². The third-order valence-corrected chi connectivity index (χ3v) is 2.57. The lowest BCUT2D eigenvalue weighted by Gasteiger charge is -2.11. The summed E-state index contributed by atoms with van der Waals surface area (Å²) in [6.07, 6.45) is 0.963. The van der Waals surface area contributed by atoms with Gasteiger partial charge in [0.25, 0.3) is 5.91 Å². The van der Waals surface area contributed by atoms with Crippen LogP contribution in [0.25, 0.3) is 0 Å². The number of carbonyl (C=O) groups is 1. The molecule has 4 heteroatoms. The van der Waals surface area contributed by atoms with Crippen molar-refractivity contribution in [3.8, 4) is 5.75 Å². The van der Waals surface area contributed by atoms with Crippen molar-refractivity contribution in [2.45, 2.75) is 27.2 Å². The van der Waals surface area contributed by atoms with Crippen LogP contribution in [0.15, 0.2) is 18.2 Å². The van der Waals surface area contributed by atoms with Gasteiger partial charge in [0.15, 0.2) is 0 Å². The summed E-state index contributed by atoms with van der Waals surface area (Å²) in [5.74, 6) is 1.06. The van der Waals surface area contributed by atoms with Crippen LogP contribution in [0.3, 0.4) is 0 Å². The Morgan fingerprint density at radius 2 is 2.17 bits per heavy atom. The second-order valence-corrected chi connectivity index (χ2v) is 4.64. The standard InChI is InChI=1S/C14H22N2O2/c1-4-16-14(17)11-5-6-12(15)13(9-11)18-8-7-10(2)3/h5-6,9-10H,4,7-8,15H2,1-3H3,(H,16,17). The Hall–Kier alpha value is -1.71. The molecular weight excluding hydrogens is 228 g/mol. The monoisotopic (exact) mass is 250 g/mol. The molecule has 0 aliphatic heterocycles. The second kappa shape index (κ2) is 6.89. The molecule has 3 N–H and O–H groups in total. The van der Waals surface area contributed by atoms with E-state index >= 15 is 0 Å². The molecule has 1 aromatic carbocycles. The number of hydrogen-bond acceptors (Lipinski definition) is 3. The van der Waals surface area contributed by atoms with Gasteiger partial charge in [-0.3, -0.25) is 4.79 Å². The number of nitrogen functional groups attached to an aromatic ring is 1. The highest BCUT2D eigenvalue weighted by Gasteiger charge is 2.08. The third kappa shape index (κ3) is 4.28. The minimum Gasteiger partial charge on any atom is -0.491 e. The van der Waals surface area contributed by atoms with Crippen molar-refractivity contribution in [3.63, 3.8) is 0 Å². The first kappa shape index (κ1) is 14.4. The summed E-state index contributed by atoms with van der Waals surface area (Å²) in [6, 6.07) is 5.10. The molecule has 0 saturated heterocycles. The van der Waals surface area contributed by atoms with Crippen molar-refractivity contribution in [2.24, 2.45) is 5.92 Å². The molecule has 0 aromatic heterocycles. The molecule has 18 heavy (non-hydrogen) atoms. The molecule has 0 aliphatic rings. The third-order valence-electron chi connectivity index (χ3n) is 2.57. The molecule has 0 radical (unpaired) electrons. The van der Waals surface area contributed by atoms with E-state index in [1.165, 1.54) is 0 Å². The normalized spacial score (nSPS) is 10.4. The number of nitrogens with two attached hydrogens (primary N) is 1. The Kier molecular flexibility index (Phi) is 5.49. The summed E-state index contributed by atoms with van der Waals surface area (Å²) in [5, 5.41) is 2.75. The number of nitrogens with one attached hydrogen (secondary N) is 1. The van der Waals surface area contributed by atoms with Gasteiger partial charge < -0.3 is 15.8 Å². The van der Waals surface area contributed by atoms with E-state index in [2.05, 4.69) is 19.2 Å². The summed E-state index contributed by atoms with van der Waals surface area (Å²) in [4.78, 5) is 11.7. The van der Waals surface area contributed by atoms with Crippen molar-refractivity contribution in [1.82, 2.24) is 5.32 Å². The van der Waals surface area contributed by atoms with Gasteiger partial charge in [-0.15, -0.1) is 0 Å². The van der Waals surface area contributed by atoms with Crippen LogP contribution in [-0.2, 0) is 0 Å². The Morgan fingerprint density at radius 3 is 2.78 bits per heavy atom. The lowest BCUT2D eigenvalue weighted by atomic mass is 10.1. The number of carbonyl (C=O) groups excluding carboxylic acids is 1. The molecule has 0 spiro atoms. The van der Waals surface area contributed by atoms with E-state index in [0.717, 1.165) is 6.42 Å². The van der Waals surface area contributed by atoms with Gasteiger partial charge in [0.05, 0.1) is 12.3 Å². The first-order valence-electron chi connectivity index (χ1n) is 6.35. The van der Waals surface area contributed by atoms with Crippen LogP contribution in [0.4, 0.5) is 5.69 Å². The first-order valence-corrected chi connectivity index (χ1v) is 6.35. The molecule has 0 fully saturated rings. The zero-order valence-electron chi connectivity index (χ0n) is 11.3. The van der Waals surface area contributed by atoms with Crippen molar-refractivity contribution in [3.05, 3.63) is 23.8 Å². The summed E-state index contributed by atoms with van der Waals surface area (Å²) in [5.41, 5.74) is 6.96. The van der Waals surface area contributed by atoms with Gasteiger partial charge >= 0.3 is 0 Å². The Morgan fingerprint density at radius 1 is 1.44 bits per heavy atom. The molecule has 0 heterocycles. The number of hydrogen-bond donors (Lipinski definition) is 2. The van der Waals surface area contributed by atoms with Gasteiger partial charge in [0.1, 0.15) is 5.75 Å². The number of ether oxygens (including phenoxy) is 1. The number of benzene rings is 1. The van der Waals surface area contributed by atoms with E-state index in [4.69, 9.17) is 10.5 Å². The molecule has 0 aliphatic carbocycles. The van der Waals surface area contributed by atoms with E-state index in [-0.39, 0.29) is 5.91 Å². The minimum atomic E-state index is -0.105. The zero-order valence-corrected chi connectivity index (χ0v) is 11.3. The molecular formula is C14H22N2O2. The van der Waals surface area contributed by atoms with E-state index < -0.39 is 0 Å². The molecule has 1 amide bonds. The van der Waals surface area contributed by atoms with Crippen molar-refractivity contribution >= 4 is 11.6 Å². The molecule has 1 rings (SSSR count). The average Bonchev–Trinajstić information content (AvgIpc) is 2.31. The van der Waals surface area contributed by atoms with Gasteiger partial charge in [-0.1, -0.05) is 13.8 Å². The zero-order chi connectivity index (χ0) is 13.5. The quantitative estimate of drug-likeness (QED) is 0.762. The van der Waals surface area contributed by atoms with E-state index in [0.29, 0.717) is 36.1 Å². The van der Waals surface area contributed by atoms with Crippen LogP contribution in [0, 0.1) is 5.92 Å². The minimum absolute atomic E-state index is 0.105. The molecule has 0 bridgehead atoms. The lowest BCUT2D eigenvalue weighted by molar-refractivity contribution is 0.0955. The summed E-state index contributed by atoms with van der Waals surface area (Å²) in [7, 11) is 0. The summed E-state index contributed by atoms with van der Waals surface area (Å²) < 4.78 is 5.61. The van der Waals surface area contributed by atoms with Gasteiger partial charge in [-0.25, -0.2) is 0 Å². The van der Waals surface area contributed by atoms with Crippen molar-refractivity contribution in [2.75, 3.05) is 18.9 Å². The second-order valence-electron chi connectivity index (χ2n) is 4.64. The smallest absolute Gasteiger partial charge is 0.251 e. The molecule has 1 aromatic rings. The van der Waals surface area contributed by atoms with E-state index in [1.54, 1.807) is 18.2 Å². The Labute approximate surface area is 109 Å². The summed E-state index contributed by atoms with van der Waals surface area (Å²) in [6.45, 7) is 7.37. The van der Waals surface area contributed by atoms with E-state index in [9.17, 15) is 4.79 Å². The first-order chi connectivity index (χ1) is 8.54. The van der Waals surface area contributed by atoms with E-state index in [1.807, 2.05) is 6.92 Å². The number of amides is 1. The molecule has 0 unspecified atom stereocenters. The lowest BCUT2D eigenvalue weighted by Crippen LogP contribution is -2.22. The molecule has 4 nitrogen and oxygen atoms in total. The van der Waals surface area contributed by atoms with Crippen LogP contribution < -0.4 is 15.8 Å². The predicted octanol–water partition coefficient (Wildman–Crippen LogP) is 2.44. The highest BCUT2D eigenvalue weighted by atomic mass is 16.5. The fourth-order valence-corrected chi connectivity index (χ4v) is 1.47. The number of anilines is 1. The van der Waals surface area contributed by atoms with Gasteiger partial charge in [-0.05, 0) is 37.5 Å². The number of rotatable bonds is 6. The van der Waals surface area contributed by atoms with Crippen molar-refractivity contribution in [1.29, 1.82) is 0 Å². The average molecular weight is 250 g/mol. The Balaban J connectivity index is 2.71. The fourth-order valence-electron chi connectivity index (χ4n) is 1.47. The maximum atomic E-state index is 11.7. The van der Waals surface area contributed by atoms with Gasteiger partial charge in [-0.2, -0.15) is 0 Å². The van der Waals surface area contributed by atoms with Gasteiger partial charge in [0.2, 0.25) is 0 Å². The molecule has 0 saturated carbocycles. The topological polar surface area (TPSA) is 64.4 Å². The van der Waals surface area contributed by atoms with Crippen molar-refractivity contribution < 1.29 is 9.53 Å². The highest BCUT2D eigenvalue weighted by molar-refractivity contribution is 5.95. The highest BCUT2D eigenvalue weighted by Crippen LogP contribution is 2.23. The maximum absolute atomic E-state index is 11.7. The SMILES string of the molecule is CCNC(=O)c1ccc(N)c(OCCC(C)C)c1. The molecule has 0 atom stereocenters. The van der Waals surface area contributed by atoms with Crippen LogP contribution in [0.5, 0.6) is 5.75 Å². The molecule has 100 valence electrons. The van der Waals surface area contributed by atoms with Gasteiger partial charge in [0, 0.05) is 12.1 Å². The summed E-state index contributed by atoms with van der Waals surface area (Å²) >= 11 is 0. The predicted molar refractivity (Wildman–Crippen MR) is 73.8 cm³/mol. The fraction of sp³-hybridized carbons (Fsp3) is 0.500. The van der Waals surface area contributed by atoms with Crippen LogP contribution in [0.2, 0.25) is 0 Å². The van der Waals surface area contributed by atoms with Crippen LogP contribution in [0.1, 0.15) is 37.6 Å². The maximum Gasteiger partial charge on any atom is 0.251 e. The van der Waals surface area contributed by atoms with Crippen LogP contribution >= 0.6 is 0 Å².